The Labute approximate surface area is 264 Å². The minimum Gasteiger partial charge on any atom is -0.482 e. The van der Waals surface area contributed by atoms with E-state index in [4.69, 9.17) is 24.0 Å². The summed E-state index contributed by atoms with van der Waals surface area (Å²) in [7, 11) is 0. The lowest BCUT2D eigenvalue weighted by Crippen LogP contribution is -2.51. The highest BCUT2D eigenvalue weighted by molar-refractivity contribution is 6.12. The normalized spacial score (nSPS) is 26.2. The first kappa shape index (κ1) is 32.3. The van der Waals surface area contributed by atoms with Gasteiger partial charge in [-0.15, -0.1) is 0 Å². The number of aliphatic hydroxyl groups is 5. The molecular formula is C32H39N3O11. The third kappa shape index (κ3) is 6.21. The number of hydrogen-bond donors (Lipinski definition) is 6. The van der Waals surface area contributed by atoms with Crippen molar-refractivity contribution in [3.8, 4) is 5.75 Å². The van der Waals surface area contributed by atoms with Crippen molar-refractivity contribution in [2.75, 3.05) is 31.2 Å². The molecule has 2 aromatic rings. The molecule has 0 spiro atoms. The van der Waals surface area contributed by atoms with E-state index in [2.05, 4.69) is 10.3 Å². The number of carbonyl (C=O) groups excluding carboxylic acids is 1. The molecule has 0 radical (unpaired) electrons. The van der Waals surface area contributed by atoms with Gasteiger partial charge in [-0.3, -0.25) is 14.6 Å². The number of fused-ring (bicyclic) bond motifs is 3. The summed E-state index contributed by atoms with van der Waals surface area (Å²) in [4.78, 5) is 42.7. The maximum atomic E-state index is 13.2. The first-order chi connectivity index (χ1) is 22.0. The smallest absolute Gasteiger partial charge is 0.220 e. The fourth-order valence-electron chi connectivity index (χ4n) is 6.37. The molecule has 5 heterocycles. The summed E-state index contributed by atoms with van der Waals surface area (Å²) < 4.78 is 13.0. The molecule has 0 aliphatic carbocycles. The van der Waals surface area contributed by atoms with Crippen molar-refractivity contribution in [3.63, 3.8) is 0 Å². The minimum absolute atomic E-state index is 0.00835. The maximum absolute atomic E-state index is 13.2. The molecule has 4 aliphatic rings. The number of anilines is 1. The van der Waals surface area contributed by atoms with Crippen LogP contribution < -0.4 is 20.4 Å². The summed E-state index contributed by atoms with van der Waals surface area (Å²) in [6, 6.07) is 3.15. The Morgan fingerprint density at radius 3 is 2.65 bits per heavy atom. The minimum atomic E-state index is -1.82. The largest absolute Gasteiger partial charge is 0.482 e. The van der Waals surface area contributed by atoms with Crippen LogP contribution >= 0.6 is 0 Å². The van der Waals surface area contributed by atoms with E-state index < -0.39 is 49.3 Å². The van der Waals surface area contributed by atoms with Crippen molar-refractivity contribution in [2.45, 2.75) is 75.7 Å². The van der Waals surface area contributed by atoms with Gasteiger partial charge < -0.3 is 44.9 Å². The van der Waals surface area contributed by atoms with Gasteiger partial charge in [0, 0.05) is 49.0 Å². The third-order valence-corrected chi connectivity index (χ3v) is 9.15. The summed E-state index contributed by atoms with van der Waals surface area (Å²) in [5.41, 5.74) is 2.22. The summed E-state index contributed by atoms with van der Waals surface area (Å²) in [5, 5.41) is 52.4. The molecule has 1 aromatic heterocycles. The standard InChI is InChI=1S/C32H39N3O11/c1-16-7-22(37)20-9-19-10-25(46-43-15-24(39)29(42)28(41)23(38)14-36)32(2,5-3-17-8-26(40)34-11-17)45-30(19)27(31(20)44-16)35-12-18-4-6-33-21(18)13-35/h4,6-7,9,12,17,23-25,28-29,36,38-39,41-42H,3,5,8,10-11,13-15H2,1-2H3,(H,34,40). The zero-order valence-corrected chi connectivity index (χ0v) is 25.6. The Kier molecular flexibility index (Phi) is 9.04. The number of nitrogens with one attached hydrogen (secondary N) is 1. The Morgan fingerprint density at radius 1 is 1.15 bits per heavy atom. The van der Waals surface area contributed by atoms with Crippen LogP contribution in [0.4, 0.5) is 5.69 Å². The quantitative estimate of drug-likeness (QED) is 0.135. The average Bonchev–Trinajstić information content (AvgIpc) is 3.75. The van der Waals surface area contributed by atoms with Gasteiger partial charge in [0.2, 0.25) is 5.91 Å². The van der Waals surface area contributed by atoms with E-state index in [9.17, 15) is 30.0 Å². The molecule has 6 rings (SSSR count). The SMILES string of the molecule is Cc1cc(=O)c2cc3c(c(N4C=C5C=CN=C5C4)c2o1)OC(C)(CCC1CNC(=O)C1)C(OOCC(O)C(O)C(O)C(O)CO)C3. The molecule has 248 valence electrons. The zero-order valence-electron chi connectivity index (χ0n) is 25.6. The number of aliphatic imine (C=N–C) groups is 1. The summed E-state index contributed by atoms with van der Waals surface area (Å²) in [5.74, 6) is 1.05. The number of carbonyl (C=O) groups is 1. The molecular weight excluding hydrogens is 602 g/mol. The van der Waals surface area contributed by atoms with Gasteiger partial charge in [0.15, 0.2) is 16.8 Å². The van der Waals surface area contributed by atoms with Gasteiger partial charge >= 0.3 is 0 Å². The summed E-state index contributed by atoms with van der Waals surface area (Å²) in [6.07, 6.45) is -0.406. The fraction of sp³-hybridized carbons (Fsp3) is 0.531. The van der Waals surface area contributed by atoms with Crippen molar-refractivity contribution in [3.05, 3.63) is 57.7 Å². The molecule has 46 heavy (non-hydrogen) atoms. The van der Waals surface area contributed by atoms with Crippen LogP contribution in [0.3, 0.4) is 0 Å². The van der Waals surface area contributed by atoms with Gasteiger partial charge in [-0.2, -0.15) is 0 Å². The van der Waals surface area contributed by atoms with E-state index in [1.807, 2.05) is 24.1 Å². The fourth-order valence-corrected chi connectivity index (χ4v) is 6.37. The van der Waals surface area contributed by atoms with Gasteiger partial charge in [-0.05, 0) is 44.7 Å². The topological polar surface area (TPSA) is 204 Å². The van der Waals surface area contributed by atoms with Crippen LogP contribution in [0, 0.1) is 12.8 Å². The highest BCUT2D eigenvalue weighted by atomic mass is 17.2. The Bertz CT molecular complexity index is 1650. The van der Waals surface area contributed by atoms with Crippen LogP contribution in [0.15, 0.2) is 50.4 Å². The monoisotopic (exact) mass is 641 g/mol. The van der Waals surface area contributed by atoms with Crippen molar-refractivity contribution < 1.29 is 49.3 Å². The third-order valence-electron chi connectivity index (χ3n) is 9.15. The van der Waals surface area contributed by atoms with E-state index in [0.717, 1.165) is 11.3 Å². The number of nitrogens with zero attached hydrogens (tertiary/aromatic N) is 2. The number of ether oxygens (including phenoxy) is 1. The molecule has 0 saturated carbocycles. The second kappa shape index (κ2) is 12.9. The van der Waals surface area contributed by atoms with Crippen molar-refractivity contribution >= 4 is 28.3 Å². The lowest BCUT2D eigenvalue weighted by molar-refractivity contribution is -0.360. The lowest BCUT2D eigenvalue weighted by atomic mass is 9.83. The van der Waals surface area contributed by atoms with Crippen molar-refractivity contribution in [1.29, 1.82) is 0 Å². The van der Waals surface area contributed by atoms with Crippen LogP contribution in [0.25, 0.3) is 11.0 Å². The molecule has 14 nitrogen and oxygen atoms in total. The van der Waals surface area contributed by atoms with E-state index >= 15 is 0 Å². The highest BCUT2D eigenvalue weighted by Crippen LogP contribution is 2.48. The number of rotatable bonds is 12. The lowest BCUT2D eigenvalue weighted by Gasteiger charge is -2.43. The Morgan fingerprint density at radius 2 is 1.93 bits per heavy atom. The molecule has 6 N–H and O–H groups in total. The first-order valence-corrected chi connectivity index (χ1v) is 15.4. The molecule has 14 heteroatoms. The molecule has 1 amide bonds. The molecule has 0 bridgehead atoms. The van der Waals surface area contributed by atoms with Crippen LogP contribution in [-0.4, -0.2) is 99.6 Å². The first-order valence-electron chi connectivity index (χ1n) is 15.4. The molecule has 1 saturated heterocycles. The Hall–Kier alpha value is -3.63. The van der Waals surface area contributed by atoms with Crippen LogP contribution in [0.5, 0.6) is 5.75 Å². The number of aryl methyl sites for hydroxylation is 1. The molecule has 7 unspecified atom stereocenters. The summed E-state index contributed by atoms with van der Waals surface area (Å²) >= 11 is 0. The van der Waals surface area contributed by atoms with E-state index in [1.54, 1.807) is 19.2 Å². The van der Waals surface area contributed by atoms with Crippen molar-refractivity contribution in [2.24, 2.45) is 10.9 Å². The van der Waals surface area contributed by atoms with Crippen LogP contribution in [-0.2, 0) is 21.0 Å². The molecule has 1 aromatic carbocycles. The predicted molar refractivity (Wildman–Crippen MR) is 164 cm³/mol. The van der Waals surface area contributed by atoms with Gasteiger partial charge in [-0.25, -0.2) is 9.78 Å². The van der Waals surface area contributed by atoms with Crippen molar-refractivity contribution in [1.82, 2.24) is 5.32 Å². The van der Waals surface area contributed by atoms with Crippen LogP contribution in [0.1, 0.15) is 37.5 Å². The maximum Gasteiger partial charge on any atom is 0.220 e. The predicted octanol–water partition coefficient (Wildman–Crippen LogP) is 0.136. The van der Waals surface area contributed by atoms with Crippen LogP contribution in [0.2, 0.25) is 0 Å². The van der Waals surface area contributed by atoms with Gasteiger partial charge in [0.05, 0.1) is 24.2 Å². The number of allylic oxidation sites excluding steroid dienone is 1. The van der Waals surface area contributed by atoms with E-state index in [1.165, 1.54) is 6.07 Å². The van der Waals surface area contributed by atoms with Gasteiger partial charge in [0.25, 0.3) is 0 Å². The van der Waals surface area contributed by atoms with Gasteiger partial charge in [-0.1, -0.05) is 0 Å². The zero-order chi connectivity index (χ0) is 32.7. The average molecular weight is 642 g/mol. The number of amides is 1. The van der Waals surface area contributed by atoms with E-state index in [0.29, 0.717) is 66.1 Å². The molecule has 1 fully saturated rings. The number of hydrogen-bond acceptors (Lipinski definition) is 13. The molecule has 4 aliphatic heterocycles. The van der Waals surface area contributed by atoms with E-state index in [-0.39, 0.29) is 23.7 Å². The summed E-state index contributed by atoms with van der Waals surface area (Å²) in [6.45, 7) is 3.20. The molecule has 7 atom stereocenters. The van der Waals surface area contributed by atoms with Gasteiger partial charge in [0.1, 0.15) is 54.2 Å². The number of aliphatic hydroxyl groups excluding tert-OH is 5. The second-order valence-electron chi connectivity index (χ2n) is 12.6. The highest BCUT2D eigenvalue weighted by Gasteiger charge is 2.46. The Balaban J connectivity index is 1.33. The number of benzene rings is 1. The second-order valence-corrected chi connectivity index (χ2v) is 12.6.